The minimum Gasteiger partial charge on any atom is -0.508 e. The third-order valence-electron chi connectivity index (χ3n) is 3.27. The van der Waals surface area contributed by atoms with Gasteiger partial charge in [-0.3, -0.25) is 0 Å². The third-order valence-corrected chi connectivity index (χ3v) is 3.27. The largest absolute Gasteiger partial charge is 0.508 e. The zero-order valence-corrected chi connectivity index (χ0v) is 10.3. The number of nitrogens with one attached hydrogen (secondary N) is 1. The summed E-state index contributed by atoms with van der Waals surface area (Å²) >= 11 is 0. The molecule has 19 heavy (non-hydrogen) atoms. The van der Waals surface area contributed by atoms with E-state index in [1.165, 1.54) is 6.07 Å². The van der Waals surface area contributed by atoms with Gasteiger partial charge in [-0.15, -0.1) is 0 Å². The molecule has 0 fully saturated rings. The second-order valence-electron chi connectivity index (χ2n) is 4.56. The van der Waals surface area contributed by atoms with Crippen molar-refractivity contribution in [2.24, 2.45) is 0 Å². The molecule has 98 valence electrons. The summed E-state index contributed by atoms with van der Waals surface area (Å²) in [5.41, 5.74) is 1.63. The fourth-order valence-corrected chi connectivity index (χ4v) is 2.24. The van der Waals surface area contributed by atoms with Gasteiger partial charge in [0, 0.05) is 23.7 Å². The van der Waals surface area contributed by atoms with E-state index in [9.17, 15) is 9.50 Å². The molecule has 1 heterocycles. The van der Waals surface area contributed by atoms with Crippen LogP contribution in [0.5, 0.6) is 11.5 Å². The zero-order chi connectivity index (χ0) is 13.2. The first-order chi connectivity index (χ1) is 9.24. The maximum absolute atomic E-state index is 13.5. The maximum atomic E-state index is 13.5. The van der Waals surface area contributed by atoms with E-state index in [-0.39, 0.29) is 17.6 Å². The normalized spacial score (nSPS) is 17.0. The Morgan fingerprint density at radius 3 is 2.95 bits per heavy atom. The zero-order valence-electron chi connectivity index (χ0n) is 10.3. The predicted octanol–water partition coefficient (Wildman–Crippen LogP) is 2.75. The minimum absolute atomic E-state index is 0.0233. The summed E-state index contributed by atoms with van der Waals surface area (Å²) in [5, 5.41) is 12.6. The topological polar surface area (TPSA) is 41.5 Å². The van der Waals surface area contributed by atoms with Crippen molar-refractivity contribution in [2.75, 3.05) is 6.61 Å². The highest BCUT2D eigenvalue weighted by Gasteiger charge is 2.24. The SMILES string of the molecule is Oc1ccc2c(c1)OCC2NCc1ccccc1F. The third kappa shape index (κ3) is 2.39. The van der Waals surface area contributed by atoms with Crippen molar-refractivity contribution in [1.29, 1.82) is 0 Å². The van der Waals surface area contributed by atoms with Gasteiger partial charge in [-0.1, -0.05) is 18.2 Å². The molecule has 3 rings (SSSR count). The summed E-state index contributed by atoms with van der Waals surface area (Å²) in [4.78, 5) is 0. The van der Waals surface area contributed by atoms with Crippen LogP contribution in [0.4, 0.5) is 4.39 Å². The fourth-order valence-electron chi connectivity index (χ4n) is 2.24. The van der Waals surface area contributed by atoms with E-state index in [1.54, 1.807) is 24.3 Å². The molecular weight excluding hydrogens is 245 g/mol. The number of hydrogen-bond acceptors (Lipinski definition) is 3. The van der Waals surface area contributed by atoms with Crippen molar-refractivity contribution in [3.63, 3.8) is 0 Å². The highest BCUT2D eigenvalue weighted by atomic mass is 19.1. The van der Waals surface area contributed by atoms with Crippen LogP contribution in [0, 0.1) is 5.82 Å². The van der Waals surface area contributed by atoms with Gasteiger partial charge in [0.25, 0.3) is 0 Å². The van der Waals surface area contributed by atoms with Crippen LogP contribution in [0.25, 0.3) is 0 Å². The van der Waals surface area contributed by atoms with Gasteiger partial charge in [0.05, 0.1) is 6.04 Å². The Kier molecular flexibility index (Phi) is 3.09. The predicted molar refractivity (Wildman–Crippen MR) is 69.6 cm³/mol. The second kappa shape index (κ2) is 4.90. The number of benzene rings is 2. The van der Waals surface area contributed by atoms with Crippen molar-refractivity contribution < 1.29 is 14.2 Å². The van der Waals surface area contributed by atoms with E-state index < -0.39 is 0 Å². The Morgan fingerprint density at radius 1 is 1.26 bits per heavy atom. The summed E-state index contributed by atoms with van der Waals surface area (Å²) in [6.07, 6.45) is 0. The Hall–Kier alpha value is -2.07. The molecule has 1 atom stereocenters. The quantitative estimate of drug-likeness (QED) is 0.890. The van der Waals surface area contributed by atoms with Crippen molar-refractivity contribution in [2.45, 2.75) is 12.6 Å². The first-order valence-electron chi connectivity index (χ1n) is 6.16. The standard InChI is InChI=1S/C15H14FNO2/c16-13-4-2-1-3-10(13)8-17-14-9-19-15-7-11(18)5-6-12(14)15/h1-7,14,17-18H,8-9H2. The summed E-state index contributed by atoms with van der Waals surface area (Å²) < 4.78 is 19.0. The average molecular weight is 259 g/mol. The number of aromatic hydroxyl groups is 1. The summed E-state index contributed by atoms with van der Waals surface area (Å²) in [7, 11) is 0. The Bertz CT molecular complexity index is 600. The fraction of sp³-hybridized carbons (Fsp3) is 0.200. The van der Waals surface area contributed by atoms with Crippen LogP contribution in [0.1, 0.15) is 17.2 Å². The Balaban J connectivity index is 1.72. The number of phenols is 1. The van der Waals surface area contributed by atoms with E-state index in [1.807, 2.05) is 12.1 Å². The second-order valence-corrected chi connectivity index (χ2v) is 4.56. The number of halogens is 1. The van der Waals surface area contributed by atoms with E-state index in [0.29, 0.717) is 24.5 Å². The molecule has 0 spiro atoms. The van der Waals surface area contributed by atoms with Crippen molar-refractivity contribution in [1.82, 2.24) is 5.32 Å². The van der Waals surface area contributed by atoms with Crippen molar-refractivity contribution in [3.8, 4) is 11.5 Å². The molecule has 1 aliphatic rings. The molecule has 4 heteroatoms. The lowest BCUT2D eigenvalue weighted by molar-refractivity contribution is 0.309. The van der Waals surface area contributed by atoms with Crippen LogP contribution < -0.4 is 10.1 Å². The van der Waals surface area contributed by atoms with Gasteiger partial charge in [0.2, 0.25) is 0 Å². The Labute approximate surface area is 110 Å². The molecule has 1 unspecified atom stereocenters. The van der Waals surface area contributed by atoms with Gasteiger partial charge in [0.15, 0.2) is 0 Å². The van der Waals surface area contributed by atoms with Crippen molar-refractivity contribution >= 4 is 0 Å². The molecule has 2 aromatic carbocycles. The summed E-state index contributed by atoms with van der Waals surface area (Å²) in [5.74, 6) is 0.666. The molecule has 0 saturated carbocycles. The van der Waals surface area contributed by atoms with Crippen LogP contribution in [0.15, 0.2) is 42.5 Å². The lowest BCUT2D eigenvalue weighted by Gasteiger charge is -2.12. The summed E-state index contributed by atoms with van der Waals surface area (Å²) in [6, 6.07) is 11.8. The molecule has 0 aliphatic carbocycles. The molecule has 0 amide bonds. The van der Waals surface area contributed by atoms with E-state index >= 15 is 0 Å². The molecule has 0 radical (unpaired) electrons. The molecule has 2 aromatic rings. The van der Waals surface area contributed by atoms with Crippen LogP contribution in [0.3, 0.4) is 0 Å². The van der Waals surface area contributed by atoms with Crippen LogP contribution in [0.2, 0.25) is 0 Å². The maximum Gasteiger partial charge on any atom is 0.127 e. The molecule has 1 aliphatic heterocycles. The average Bonchev–Trinajstić information content (AvgIpc) is 2.80. The molecule has 0 bridgehead atoms. The van der Waals surface area contributed by atoms with Crippen LogP contribution in [-0.2, 0) is 6.54 Å². The first-order valence-corrected chi connectivity index (χ1v) is 6.16. The molecule has 0 saturated heterocycles. The number of fused-ring (bicyclic) bond motifs is 1. The highest BCUT2D eigenvalue weighted by Crippen LogP contribution is 2.34. The van der Waals surface area contributed by atoms with Crippen molar-refractivity contribution in [3.05, 3.63) is 59.4 Å². The molecule has 2 N–H and O–H groups in total. The molecule has 0 aromatic heterocycles. The minimum atomic E-state index is -0.208. The van der Waals surface area contributed by atoms with Gasteiger partial charge in [-0.2, -0.15) is 0 Å². The monoisotopic (exact) mass is 259 g/mol. The van der Waals surface area contributed by atoms with Gasteiger partial charge >= 0.3 is 0 Å². The number of rotatable bonds is 3. The van der Waals surface area contributed by atoms with E-state index in [0.717, 1.165) is 5.56 Å². The van der Waals surface area contributed by atoms with Crippen LogP contribution in [-0.4, -0.2) is 11.7 Å². The highest BCUT2D eigenvalue weighted by molar-refractivity contribution is 5.44. The number of hydrogen-bond donors (Lipinski definition) is 2. The van der Waals surface area contributed by atoms with Gasteiger partial charge < -0.3 is 15.2 Å². The lowest BCUT2D eigenvalue weighted by Crippen LogP contribution is -2.22. The van der Waals surface area contributed by atoms with E-state index in [4.69, 9.17) is 4.74 Å². The number of phenolic OH excluding ortho intramolecular Hbond substituents is 1. The Morgan fingerprint density at radius 2 is 2.11 bits per heavy atom. The molecular formula is C15H14FNO2. The van der Waals surface area contributed by atoms with Gasteiger partial charge in [-0.25, -0.2) is 4.39 Å². The van der Waals surface area contributed by atoms with Gasteiger partial charge in [0.1, 0.15) is 23.9 Å². The summed E-state index contributed by atoms with van der Waals surface area (Å²) in [6.45, 7) is 0.939. The lowest BCUT2D eigenvalue weighted by atomic mass is 10.1. The smallest absolute Gasteiger partial charge is 0.127 e. The van der Waals surface area contributed by atoms with Crippen LogP contribution >= 0.6 is 0 Å². The first kappa shape index (κ1) is 12.0. The van der Waals surface area contributed by atoms with Gasteiger partial charge in [-0.05, 0) is 18.2 Å². The number of ether oxygens (including phenoxy) is 1. The molecule has 3 nitrogen and oxygen atoms in total. The van der Waals surface area contributed by atoms with E-state index in [2.05, 4.69) is 5.32 Å².